The van der Waals surface area contributed by atoms with Gasteiger partial charge in [-0.1, -0.05) is 0 Å². The van der Waals surface area contributed by atoms with Crippen molar-refractivity contribution in [2.75, 3.05) is 6.61 Å². The van der Waals surface area contributed by atoms with Gasteiger partial charge in [0.1, 0.15) is 0 Å². The number of carbonyl (C=O) groups is 1. The van der Waals surface area contributed by atoms with Crippen molar-refractivity contribution in [3.63, 3.8) is 0 Å². The fourth-order valence-corrected chi connectivity index (χ4v) is 6.82. The summed E-state index contributed by atoms with van der Waals surface area (Å²) < 4.78 is 1.15. The summed E-state index contributed by atoms with van der Waals surface area (Å²) in [6.07, 6.45) is 0. The average molecular weight is 535 g/mol. The molecule has 1 aromatic rings. The first-order valence-corrected chi connectivity index (χ1v) is 11.1. The molecule has 0 aromatic carbocycles. The van der Waals surface area contributed by atoms with E-state index in [9.17, 15) is 45.3 Å². The summed E-state index contributed by atoms with van der Waals surface area (Å²) in [6.45, 7) is 1.23. The molecule has 0 aliphatic carbocycles. The summed E-state index contributed by atoms with van der Waals surface area (Å²) in [5.74, 6) is -2.14. The van der Waals surface area contributed by atoms with Crippen molar-refractivity contribution in [1.82, 2.24) is 7.54 Å². The first-order valence-electron chi connectivity index (χ1n) is 5.90. The van der Waals surface area contributed by atoms with Gasteiger partial charge in [0.05, 0.1) is 0 Å². The summed E-state index contributed by atoms with van der Waals surface area (Å²) in [4.78, 5) is 49.1. The fourth-order valence-electron chi connectivity index (χ4n) is 1.56. The Morgan fingerprint density at radius 1 is 1.21 bits per heavy atom. The Labute approximate surface area is 142 Å². The van der Waals surface area contributed by atoms with Gasteiger partial charge in [-0.3, -0.25) is 0 Å². The zero-order valence-corrected chi connectivity index (χ0v) is 17.3. The normalized spacial score (nSPS) is 10.5. The van der Waals surface area contributed by atoms with E-state index in [4.69, 9.17) is 0 Å². The van der Waals surface area contributed by atoms with E-state index in [1.165, 1.54) is 6.92 Å². The molecule has 16 nitrogen and oxygen atoms in total. The van der Waals surface area contributed by atoms with Gasteiger partial charge in [0, 0.05) is 0 Å². The van der Waals surface area contributed by atoms with Gasteiger partial charge < -0.3 is 0 Å². The molecule has 0 saturated carbocycles. The van der Waals surface area contributed by atoms with E-state index in [1.54, 1.807) is 0 Å². The number of hydrogen-bond donors (Lipinski definition) is 0. The van der Waals surface area contributed by atoms with Crippen molar-refractivity contribution in [1.29, 1.82) is 0 Å². The summed E-state index contributed by atoms with van der Waals surface area (Å²) in [5.41, 5.74) is -0.680. The molecule has 0 aliphatic heterocycles. The molecule has 0 fully saturated rings. The second-order valence-electron chi connectivity index (χ2n) is 4.07. The predicted molar refractivity (Wildman–Crippen MR) is 64.0 cm³/mol. The molecule has 1 rings (SSSR count). The number of nitrogens with zero attached hydrogens (tertiary/aromatic N) is 6. The number of carbonyl (C=O) groups excluding carboxylic acids is 1. The van der Waals surface area contributed by atoms with Gasteiger partial charge in [0.2, 0.25) is 0 Å². The van der Waals surface area contributed by atoms with Crippen LogP contribution in [0.5, 0.6) is 0 Å². The van der Waals surface area contributed by atoms with Crippen LogP contribution >= 0.6 is 0 Å². The molecule has 0 amide bonds. The number of nitro groups is 4. The van der Waals surface area contributed by atoms with E-state index >= 15 is 0 Å². The van der Waals surface area contributed by atoms with E-state index in [2.05, 4.69) is 9.84 Å². The molecule has 0 bridgehead atoms. The minimum absolute atomic E-state index is 0.167. The number of aromatic nitrogens is 2. The van der Waals surface area contributed by atoms with Gasteiger partial charge in [-0.2, -0.15) is 0 Å². The molecule has 17 heteroatoms. The molecule has 1 heterocycles. The van der Waals surface area contributed by atoms with Gasteiger partial charge in [-0.15, -0.1) is 0 Å². The maximum atomic E-state index is 11.7. The molecule has 0 unspecified atom stereocenters. The molecule has 0 N–H and O–H groups in total. The minimum atomic E-state index is -4.19. The third-order valence-corrected chi connectivity index (χ3v) is 10.4. The standard InChI is InChI=1S/C6H7N3O4.CN3O6.Hg/c1-2-13-6(10)4-3-5(8-7-4)9(11)12;5-2(6)1(3(7)8)4(9)10;/h3H,2H2,1H3,(H,7,8,10);;/q;;+1/p-1. The van der Waals surface area contributed by atoms with E-state index in [0.717, 1.165) is 0 Å². The van der Waals surface area contributed by atoms with E-state index in [-0.39, 0.29) is 6.61 Å². The van der Waals surface area contributed by atoms with Crippen LogP contribution in [0.25, 0.3) is 0 Å². The van der Waals surface area contributed by atoms with Crippen molar-refractivity contribution in [3.8, 4) is 0 Å². The molecule has 24 heavy (non-hydrogen) atoms. The Kier molecular flexibility index (Phi) is 5.77. The Morgan fingerprint density at radius 2 is 1.71 bits per heavy atom. The van der Waals surface area contributed by atoms with Crippen LogP contribution in [0, 0.1) is 40.5 Å². The molecule has 0 radical (unpaired) electrons. The van der Waals surface area contributed by atoms with Crippen LogP contribution in [0.2, 0.25) is 0 Å². The van der Waals surface area contributed by atoms with Crippen molar-refractivity contribution in [2.24, 2.45) is 0 Å². The fraction of sp³-hybridized carbons (Fsp3) is 0.429. The van der Waals surface area contributed by atoms with Crippen LogP contribution in [0.15, 0.2) is 6.07 Å². The molecule has 0 aliphatic rings. The Balaban J connectivity index is 3.51. The van der Waals surface area contributed by atoms with Crippen LogP contribution in [0.4, 0.5) is 5.82 Å². The SMILES string of the molecule is CCOC(=O)c1cc([N+](=O)[O-])n[n]1[Hg][C]([N+](=O)[O-])([N+](=O)[O-])[N+](=O)[O-]. The van der Waals surface area contributed by atoms with E-state index in [0.29, 0.717) is 8.51 Å². The molecule has 0 spiro atoms. The van der Waals surface area contributed by atoms with Gasteiger partial charge >= 0.3 is 142 Å². The number of ether oxygens (including phenoxy) is 1. The van der Waals surface area contributed by atoms with Crippen molar-refractivity contribution < 1.29 is 54.1 Å². The van der Waals surface area contributed by atoms with Crippen LogP contribution in [-0.4, -0.2) is 43.1 Å². The summed E-state index contributed by atoms with van der Waals surface area (Å²) in [7, 11) is 0. The van der Waals surface area contributed by atoms with Crippen LogP contribution in [-0.2, 0) is 29.6 Å². The molecule has 0 saturated heterocycles. The molecule has 0 atom stereocenters. The number of rotatable bonds is 8. The molecular weight excluding hydrogens is 529 g/mol. The average Bonchev–Trinajstić information content (AvgIpc) is 2.87. The molecular formula is C7H6HgN6O10. The van der Waals surface area contributed by atoms with E-state index in [1.807, 2.05) is 0 Å². The summed E-state index contributed by atoms with van der Waals surface area (Å²) in [5, 5.41) is 46.8. The molecule has 1 aromatic heterocycles. The maximum absolute atomic E-state index is 11.7. The number of esters is 1. The van der Waals surface area contributed by atoms with Gasteiger partial charge in [-0.05, 0) is 0 Å². The van der Waals surface area contributed by atoms with Gasteiger partial charge in [-0.25, -0.2) is 0 Å². The topological polar surface area (TPSA) is 217 Å². The summed E-state index contributed by atoms with van der Waals surface area (Å²) in [6, 6.07) is 0.586. The van der Waals surface area contributed by atoms with E-state index < -0.39 is 65.3 Å². The second-order valence-corrected chi connectivity index (χ2v) is 11.3. The summed E-state index contributed by atoms with van der Waals surface area (Å²) >= 11 is -4.19. The van der Waals surface area contributed by atoms with Gasteiger partial charge in [0.25, 0.3) is 0 Å². The monoisotopic (exact) mass is 536 g/mol. The molecule has 126 valence electrons. The Morgan fingerprint density at radius 3 is 2.08 bits per heavy atom. The second kappa shape index (κ2) is 7.19. The van der Waals surface area contributed by atoms with Crippen molar-refractivity contribution in [2.45, 2.75) is 10.2 Å². The van der Waals surface area contributed by atoms with Gasteiger partial charge in [0.15, 0.2) is 0 Å². The van der Waals surface area contributed by atoms with Crippen molar-refractivity contribution >= 4 is 11.8 Å². The third-order valence-electron chi connectivity index (χ3n) is 2.68. The first-order chi connectivity index (χ1) is 11.1. The zero-order valence-electron chi connectivity index (χ0n) is 11.8. The van der Waals surface area contributed by atoms with Crippen LogP contribution in [0.1, 0.15) is 17.4 Å². The predicted octanol–water partition coefficient (Wildman–Crippen LogP) is -0.745. The zero-order chi connectivity index (χ0) is 18.7. The Bertz CT molecular complexity index is 693. The van der Waals surface area contributed by atoms with Crippen LogP contribution < -0.4 is 0 Å². The Hall–Kier alpha value is -2.78. The number of hydrogen-bond acceptors (Lipinski definition) is 11. The van der Waals surface area contributed by atoms with Crippen molar-refractivity contribution in [3.05, 3.63) is 52.2 Å². The van der Waals surface area contributed by atoms with Crippen LogP contribution in [0.3, 0.4) is 0 Å². The first kappa shape index (κ1) is 19.3. The quantitative estimate of drug-likeness (QED) is 0.133. The third kappa shape index (κ3) is 3.41.